The van der Waals surface area contributed by atoms with E-state index in [0.717, 1.165) is 29.6 Å². The Bertz CT molecular complexity index is 529. The molecule has 2 rings (SSSR count). The van der Waals surface area contributed by atoms with Gasteiger partial charge >= 0.3 is 0 Å². The van der Waals surface area contributed by atoms with Crippen molar-refractivity contribution in [1.82, 2.24) is 19.9 Å². The van der Waals surface area contributed by atoms with E-state index in [1.807, 2.05) is 13.1 Å². The lowest BCUT2D eigenvalue weighted by Crippen LogP contribution is -2.24. The van der Waals surface area contributed by atoms with Crippen LogP contribution in [0, 0.1) is 6.92 Å². The fourth-order valence-electron chi connectivity index (χ4n) is 1.94. The van der Waals surface area contributed by atoms with Gasteiger partial charge < -0.3 is 5.32 Å². The van der Waals surface area contributed by atoms with Gasteiger partial charge in [0, 0.05) is 22.9 Å². The first-order chi connectivity index (χ1) is 9.20. The molecular formula is C13H17BrN4S. The Morgan fingerprint density at radius 2 is 2.26 bits per heavy atom. The Labute approximate surface area is 126 Å². The highest BCUT2D eigenvalue weighted by Crippen LogP contribution is 2.24. The maximum absolute atomic E-state index is 4.22. The van der Waals surface area contributed by atoms with Gasteiger partial charge in [-0.25, -0.2) is 0 Å². The van der Waals surface area contributed by atoms with E-state index in [0.29, 0.717) is 0 Å². The molecule has 1 unspecified atom stereocenters. The molecule has 0 fully saturated rings. The number of hydrogen-bond donors (Lipinski definition) is 1. The third kappa shape index (κ3) is 4.06. The van der Waals surface area contributed by atoms with Crippen molar-refractivity contribution >= 4 is 27.5 Å². The fraction of sp³-hybridized carbons (Fsp3) is 0.462. The van der Waals surface area contributed by atoms with Crippen molar-refractivity contribution in [1.29, 1.82) is 0 Å². The topological polar surface area (TPSA) is 50.7 Å². The van der Waals surface area contributed by atoms with Gasteiger partial charge in [0.05, 0.1) is 10.6 Å². The predicted molar refractivity (Wildman–Crippen MR) is 81.3 cm³/mol. The predicted octanol–water partition coefficient (Wildman–Crippen LogP) is 3.29. The molecule has 1 atom stereocenters. The molecule has 0 saturated carbocycles. The molecule has 102 valence electrons. The molecule has 2 aromatic rings. The second kappa shape index (κ2) is 7.07. The van der Waals surface area contributed by atoms with Crippen molar-refractivity contribution in [3.63, 3.8) is 0 Å². The summed E-state index contributed by atoms with van der Waals surface area (Å²) in [7, 11) is 0. The van der Waals surface area contributed by atoms with E-state index in [2.05, 4.69) is 48.8 Å². The molecule has 19 heavy (non-hydrogen) atoms. The molecule has 0 radical (unpaired) electrons. The number of nitrogens with one attached hydrogen (secondary N) is 1. The van der Waals surface area contributed by atoms with Crippen LogP contribution in [-0.2, 0) is 6.42 Å². The summed E-state index contributed by atoms with van der Waals surface area (Å²) in [5, 5.41) is 7.68. The molecule has 1 N–H and O–H groups in total. The quantitative estimate of drug-likeness (QED) is 0.876. The molecule has 0 amide bonds. The molecule has 0 bridgehead atoms. The Hall–Kier alpha value is -0.850. The van der Waals surface area contributed by atoms with Gasteiger partial charge in [-0.15, -0.1) is 5.10 Å². The van der Waals surface area contributed by atoms with Crippen LogP contribution in [0.5, 0.6) is 0 Å². The van der Waals surface area contributed by atoms with Gasteiger partial charge in [-0.1, -0.05) is 11.4 Å². The van der Waals surface area contributed by atoms with Crippen LogP contribution in [0.15, 0.2) is 22.9 Å². The van der Waals surface area contributed by atoms with E-state index < -0.39 is 0 Å². The Morgan fingerprint density at radius 1 is 1.42 bits per heavy atom. The molecule has 6 heteroatoms. The van der Waals surface area contributed by atoms with E-state index in [4.69, 9.17) is 0 Å². The zero-order valence-electron chi connectivity index (χ0n) is 11.1. The van der Waals surface area contributed by atoms with Crippen LogP contribution in [0.3, 0.4) is 0 Å². The van der Waals surface area contributed by atoms with E-state index in [1.54, 1.807) is 6.20 Å². The first kappa shape index (κ1) is 14.6. The second-order valence-corrected chi connectivity index (χ2v) is 6.15. The van der Waals surface area contributed by atoms with Crippen LogP contribution in [0.25, 0.3) is 0 Å². The highest BCUT2D eigenvalue weighted by atomic mass is 79.9. The summed E-state index contributed by atoms with van der Waals surface area (Å²) in [6.45, 7) is 5.17. The summed E-state index contributed by atoms with van der Waals surface area (Å²) >= 11 is 4.94. The number of hydrogen-bond acceptors (Lipinski definition) is 5. The molecule has 2 heterocycles. The summed E-state index contributed by atoms with van der Waals surface area (Å²) in [6.07, 6.45) is 5.72. The van der Waals surface area contributed by atoms with Gasteiger partial charge in [0.2, 0.25) is 0 Å². The lowest BCUT2D eigenvalue weighted by molar-refractivity contribution is 0.533. The van der Waals surface area contributed by atoms with Crippen molar-refractivity contribution in [2.45, 2.75) is 32.7 Å². The standard InChI is InChI=1S/C13H17BrN4S/c1-3-4-16-12(13-9(2)17-18-19-13)6-10-5-11(14)8-15-7-10/h5,7-8,12,16H,3-4,6H2,1-2H3. The van der Waals surface area contributed by atoms with Crippen LogP contribution >= 0.6 is 27.5 Å². The third-order valence-electron chi connectivity index (χ3n) is 2.85. The van der Waals surface area contributed by atoms with Crippen molar-refractivity contribution in [2.75, 3.05) is 6.54 Å². The first-order valence-corrected chi connectivity index (χ1v) is 7.89. The van der Waals surface area contributed by atoms with Gasteiger partial charge in [-0.05, 0) is 65.4 Å². The lowest BCUT2D eigenvalue weighted by Gasteiger charge is -2.17. The Morgan fingerprint density at radius 3 is 2.89 bits per heavy atom. The van der Waals surface area contributed by atoms with Crippen molar-refractivity contribution < 1.29 is 0 Å². The van der Waals surface area contributed by atoms with Crippen LogP contribution in [0.4, 0.5) is 0 Å². The molecular weight excluding hydrogens is 324 g/mol. The van der Waals surface area contributed by atoms with Gasteiger partial charge in [0.15, 0.2) is 0 Å². The summed E-state index contributed by atoms with van der Waals surface area (Å²) in [6, 6.07) is 2.37. The van der Waals surface area contributed by atoms with Crippen LogP contribution in [-0.4, -0.2) is 21.1 Å². The molecule has 0 aliphatic heterocycles. The summed E-state index contributed by atoms with van der Waals surface area (Å²) in [5.41, 5.74) is 2.22. The summed E-state index contributed by atoms with van der Waals surface area (Å²) < 4.78 is 5.05. The molecule has 0 saturated heterocycles. The number of pyridine rings is 1. The van der Waals surface area contributed by atoms with E-state index in [-0.39, 0.29) is 6.04 Å². The molecule has 0 aromatic carbocycles. The number of rotatable bonds is 6. The fourth-order valence-corrected chi connectivity index (χ4v) is 3.07. The zero-order chi connectivity index (χ0) is 13.7. The highest BCUT2D eigenvalue weighted by Gasteiger charge is 2.17. The Balaban J connectivity index is 2.16. The Kier molecular flexibility index (Phi) is 5.42. The minimum Gasteiger partial charge on any atom is -0.309 e. The van der Waals surface area contributed by atoms with Crippen molar-refractivity contribution in [3.8, 4) is 0 Å². The minimum absolute atomic E-state index is 0.260. The van der Waals surface area contributed by atoms with Gasteiger partial charge in [-0.2, -0.15) is 0 Å². The van der Waals surface area contributed by atoms with E-state index >= 15 is 0 Å². The number of nitrogens with zero attached hydrogens (tertiary/aromatic N) is 3. The van der Waals surface area contributed by atoms with Crippen LogP contribution in [0.2, 0.25) is 0 Å². The number of aryl methyl sites for hydroxylation is 1. The number of halogens is 1. The molecule has 0 aliphatic carbocycles. The van der Waals surface area contributed by atoms with Crippen LogP contribution < -0.4 is 5.32 Å². The summed E-state index contributed by atoms with van der Waals surface area (Å²) in [4.78, 5) is 5.43. The normalized spacial score (nSPS) is 12.6. The zero-order valence-corrected chi connectivity index (χ0v) is 13.5. The molecule has 0 spiro atoms. The average molecular weight is 341 g/mol. The molecule has 4 nitrogen and oxygen atoms in total. The number of aromatic nitrogens is 3. The SMILES string of the molecule is CCCNC(Cc1cncc(Br)c1)c1snnc1C. The highest BCUT2D eigenvalue weighted by molar-refractivity contribution is 9.10. The van der Waals surface area contributed by atoms with E-state index in [9.17, 15) is 0 Å². The van der Waals surface area contributed by atoms with Crippen molar-refractivity contribution in [3.05, 3.63) is 39.1 Å². The smallest absolute Gasteiger partial charge is 0.0772 e. The third-order valence-corrected chi connectivity index (χ3v) is 4.22. The van der Waals surface area contributed by atoms with E-state index in [1.165, 1.54) is 22.0 Å². The lowest BCUT2D eigenvalue weighted by atomic mass is 10.1. The second-order valence-electron chi connectivity index (χ2n) is 4.44. The van der Waals surface area contributed by atoms with Gasteiger partial charge in [0.1, 0.15) is 0 Å². The molecule has 2 aromatic heterocycles. The maximum Gasteiger partial charge on any atom is 0.0772 e. The van der Waals surface area contributed by atoms with Gasteiger partial charge in [-0.3, -0.25) is 4.98 Å². The average Bonchev–Trinajstić information content (AvgIpc) is 2.81. The first-order valence-electron chi connectivity index (χ1n) is 6.32. The minimum atomic E-state index is 0.260. The largest absolute Gasteiger partial charge is 0.309 e. The van der Waals surface area contributed by atoms with Crippen molar-refractivity contribution in [2.24, 2.45) is 0 Å². The summed E-state index contributed by atoms with van der Waals surface area (Å²) in [5.74, 6) is 0. The maximum atomic E-state index is 4.22. The monoisotopic (exact) mass is 340 g/mol. The van der Waals surface area contributed by atoms with Crippen LogP contribution in [0.1, 0.15) is 35.5 Å². The molecule has 0 aliphatic rings. The van der Waals surface area contributed by atoms with Gasteiger partial charge in [0.25, 0.3) is 0 Å².